The molecule has 0 unspecified atom stereocenters. The van der Waals surface area contributed by atoms with Crippen LogP contribution in [0.15, 0.2) is 0 Å². The number of ether oxygens (including phenoxy) is 2. The summed E-state index contributed by atoms with van der Waals surface area (Å²) in [6, 6.07) is 0. The van der Waals surface area contributed by atoms with Crippen LogP contribution >= 0.6 is 0 Å². The Labute approximate surface area is 128 Å². The van der Waals surface area contributed by atoms with Crippen molar-refractivity contribution >= 4 is 5.91 Å². The van der Waals surface area contributed by atoms with Gasteiger partial charge < -0.3 is 14.8 Å². The van der Waals surface area contributed by atoms with E-state index in [1.54, 1.807) is 7.11 Å². The summed E-state index contributed by atoms with van der Waals surface area (Å²) in [6.07, 6.45) is 6.43. The van der Waals surface area contributed by atoms with E-state index in [-0.39, 0.29) is 11.3 Å². The molecule has 5 nitrogen and oxygen atoms in total. The van der Waals surface area contributed by atoms with E-state index in [1.165, 1.54) is 25.7 Å². The Morgan fingerprint density at radius 2 is 2.00 bits per heavy atom. The zero-order valence-electron chi connectivity index (χ0n) is 13.4. The lowest BCUT2D eigenvalue weighted by molar-refractivity contribution is -0.122. The summed E-state index contributed by atoms with van der Waals surface area (Å²) in [4.78, 5) is 14.4. The highest BCUT2D eigenvalue weighted by Gasteiger charge is 2.34. The highest BCUT2D eigenvalue weighted by Crippen LogP contribution is 2.37. The normalized spacial score (nSPS) is 22.3. The van der Waals surface area contributed by atoms with Crippen LogP contribution in [0, 0.1) is 5.41 Å². The van der Waals surface area contributed by atoms with Gasteiger partial charge in [-0.05, 0) is 25.8 Å². The van der Waals surface area contributed by atoms with Crippen molar-refractivity contribution in [3.8, 4) is 0 Å². The van der Waals surface area contributed by atoms with Crippen LogP contribution in [0.25, 0.3) is 0 Å². The number of carbonyl (C=O) groups is 1. The largest absolute Gasteiger partial charge is 0.384 e. The molecule has 0 aromatic carbocycles. The van der Waals surface area contributed by atoms with E-state index in [1.807, 2.05) is 0 Å². The molecule has 5 heteroatoms. The first-order chi connectivity index (χ1) is 10.2. The van der Waals surface area contributed by atoms with Crippen molar-refractivity contribution < 1.29 is 14.3 Å². The summed E-state index contributed by atoms with van der Waals surface area (Å²) in [5, 5.41) is 3.13. The fourth-order valence-corrected chi connectivity index (χ4v) is 3.47. The summed E-state index contributed by atoms with van der Waals surface area (Å²) in [6.45, 7) is 6.19. The van der Waals surface area contributed by atoms with Crippen LogP contribution < -0.4 is 5.32 Å². The molecule has 0 spiro atoms. The fraction of sp³-hybridized carbons (Fsp3) is 0.938. The number of carbonyl (C=O) groups excluding carboxylic acids is 1. The molecule has 2 fully saturated rings. The van der Waals surface area contributed by atoms with E-state index in [0.717, 1.165) is 52.4 Å². The minimum atomic E-state index is 0.186. The monoisotopic (exact) mass is 298 g/mol. The third-order valence-corrected chi connectivity index (χ3v) is 4.76. The highest BCUT2D eigenvalue weighted by atomic mass is 16.5. The standard InChI is InChI=1S/C16H30N2O3/c1-20-14-16(6-2-3-7-16)13-17-15(19)5-4-8-18-9-11-21-12-10-18/h2-14H2,1H3,(H,17,19). The first-order valence-electron chi connectivity index (χ1n) is 8.30. The maximum atomic E-state index is 12.0. The van der Waals surface area contributed by atoms with Crippen LogP contribution in [0.5, 0.6) is 0 Å². The lowest BCUT2D eigenvalue weighted by Crippen LogP contribution is -2.39. The number of nitrogens with zero attached hydrogens (tertiary/aromatic N) is 1. The molecule has 1 saturated carbocycles. The Bertz CT molecular complexity index is 311. The van der Waals surface area contributed by atoms with Gasteiger partial charge in [-0.1, -0.05) is 12.8 Å². The van der Waals surface area contributed by atoms with Crippen molar-refractivity contribution in [2.45, 2.75) is 38.5 Å². The van der Waals surface area contributed by atoms with Gasteiger partial charge in [0.2, 0.25) is 5.91 Å². The molecule has 2 aliphatic rings. The molecule has 21 heavy (non-hydrogen) atoms. The molecule has 1 aliphatic carbocycles. The smallest absolute Gasteiger partial charge is 0.220 e. The van der Waals surface area contributed by atoms with Gasteiger partial charge in [0.1, 0.15) is 0 Å². The number of morpholine rings is 1. The van der Waals surface area contributed by atoms with E-state index >= 15 is 0 Å². The fourth-order valence-electron chi connectivity index (χ4n) is 3.47. The number of rotatable bonds is 8. The SMILES string of the molecule is COCC1(CNC(=O)CCCN2CCOCC2)CCCC1. The molecule has 0 radical (unpaired) electrons. The summed E-state index contributed by atoms with van der Waals surface area (Å²) < 4.78 is 10.7. The van der Waals surface area contributed by atoms with Crippen LogP contribution in [0.2, 0.25) is 0 Å². The van der Waals surface area contributed by atoms with Gasteiger partial charge in [-0.25, -0.2) is 0 Å². The van der Waals surface area contributed by atoms with Crippen molar-refractivity contribution in [3.05, 3.63) is 0 Å². The third kappa shape index (κ3) is 5.57. The van der Waals surface area contributed by atoms with E-state index in [9.17, 15) is 4.79 Å². The van der Waals surface area contributed by atoms with Crippen LogP contribution in [-0.2, 0) is 14.3 Å². The van der Waals surface area contributed by atoms with Crippen LogP contribution in [0.1, 0.15) is 38.5 Å². The average Bonchev–Trinajstić information content (AvgIpc) is 2.96. The second-order valence-electron chi connectivity index (χ2n) is 6.47. The summed E-state index contributed by atoms with van der Waals surface area (Å²) in [5.74, 6) is 0.186. The number of hydrogen-bond acceptors (Lipinski definition) is 4. The third-order valence-electron chi connectivity index (χ3n) is 4.76. The number of hydrogen-bond donors (Lipinski definition) is 1. The minimum Gasteiger partial charge on any atom is -0.384 e. The van der Waals surface area contributed by atoms with Gasteiger partial charge in [0.25, 0.3) is 0 Å². The number of nitrogens with one attached hydrogen (secondary N) is 1. The van der Waals surface area contributed by atoms with Crippen LogP contribution in [-0.4, -0.2) is 63.9 Å². The molecule has 0 aromatic rings. The van der Waals surface area contributed by atoms with Crippen molar-refractivity contribution in [1.82, 2.24) is 10.2 Å². The van der Waals surface area contributed by atoms with Crippen LogP contribution in [0.4, 0.5) is 0 Å². The second kappa shape index (κ2) is 8.71. The maximum absolute atomic E-state index is 12.0. The molecular formula is C16H30N2O3. The van der Waals surface area contributed by atoms with Crippen molar-refractivity contribution in [2.24, 2.45) is 5.41 Å². The number of amides is 1. The molecule has 0 atom stereocenters. The Kier molecular flexibility index (Phi) is 6.93. The Morgan fingerprint density at radius 3 is 2.67 bits per heavy atom. The lowest BCUT2D eigenvalue weighted by Gasteiger charge is -2.28. The van der Waals surface area contributed by atoms with Gasteiger partial charge in [0, 0.05) is 38.6 Å². The van der Waals surface area contributed by atoms with Gasteiger partial charge in [0.15, 0.2) is 0 Å². The van der Waals surface area contributed by atoms with Crippen molar-refractivity contribution in [2.75, 3.05) is 53.1 Å². The molecule has 1 amide bonds. The van der Waals surface area contributed by atoms with Gasteiger partial charge in [-0.3, -0.25) is 9.69 Å². The van der Waals surface area contributed by atoms with E-state index < -0.39 is 0 Å². The lowest BCUT2D eigenvalue weighted by atomic mass is 9.87. The summed E-state index contributed by atoms with van der Waals surface area (Å²) in [7, 11) is 1.75. The van der Waals surface area contributed by atoms with E-state index in [2.05, 4.69) is 10.2 Å². The molecule has 0 bridgehead atoms. The first kappa shape index (κ1) is 16.7. The van der Waals surface area contributed by atoms with Crippen molar-refractivity contribution in [1.29, 1.82) is 0 Å². The predicted octanol–water partition coefficient (Wildman–Crippen LogP) is 1.42. The predicted molar refractivity (Wildman–Crippen MR) is 82.3 cm³/mol. The zero-order valence-corrected chi connectivity index (χ0v) is 13.4. The molecule has 2 rings (SSSR count). The molecule has 1 saturated heterocycles. The molecular weight excluding hydrogens is 268 g/mol. The van der Waals surface area contributed by atoms with E-state index in [0.29, 0.717) is 6.42 Å². The maximum Gasteiger partial charge on any atom is 0.220 e. The average molecular weight is 298 g/mol. The molecule has 1 aliphatic heterocycles. The summed E-state index contributed by atoms with van der Waals surface area (Å²) in [5.41, 5.74) is 0.189. The van der Waals surface area contributed by atoms with Crippen molar-refractivity contribution in [3.63, 3.8) is 0 Å². The molecule has 1 N–H and O–H groups in total. The Balaban J connectivity index is 1.60. The number of methoxy groups -OCH3 is 1. The molecule has 0 aromatic heterocycles. The first-order valence-corrected chi connectivity index (χ1v) is 8.30. The quantitative estimate of drug-likeness (QED) is 0.736. The minimum absolute atomic E-state index is 0.186. The Morgan fingerprint density at radius 1 is 1.29 bits per heavy atom. The molecule has 1 heterocycles. The van der Waals surface area contributed by atoms with Gasteiger partial charge in [0.05, 0.1) is 19.8 Å². The van der Waals surface area contributed by atoms with Crippen LogP contribution in [0.3, 0.4) is 0 Å². The summed E-state index contributed by atoms with van der Waals surface area (Å²) >= 11 is 0. The topological polar surface area (TPSA) is 50.8 Å². The second-order valence-corrected chi connectivity index (χ2v) is 6.47. The van der Waals surface area contributed by atoms with Gasteiger partial charge >= 0.3 is 0 Å². The van der Waals surface area contributed by atoms with Gasteiger partial charge in [-0.2, -0.15) is 0 Å². The molecule has 122 valence electrons. The van der Waals surface area contributed by atoms with Gasteiger partial charge in [-0.15, -0.1) is 0 Å². The highest BCUT2D eigenvalue weighted by molar-refractivity contribution is 5.75. The zero-order chi connectivity index (χ0) is 15.0. The Hall–Kier alpha value is -0.650. The van der Waals surface area contributed by atoms with E-state index in [4.69, 9.17) is 9.47 Å².